The van der Waals surface area contributed by atoms with Crippen LogP contribution in [0.15, 0.2) is 0 Å². The fourth-order valence-electron chi connectivity index (χ4n) is 3.37. The van der Waals surface area contributed by atoms with Crippen molar-refractivity contribution in [2.75, 3.05) is 13.1 Å². The maximum atomic E-state index is 12.4. The Bertz CT molecular complexity index is 393. The Labute approximate surface area is 120 Å². The van der Waals surface area contributed by atoms with Crippen molar-refractivity contribution in [2.45, 2.75) is 64.3 Å². The smallest absolute Gasteiger partial charge is 0.329 e. The molecule has 20 heavy (non-hydrogen) atoms. The summed E-state index contributed by atoms with van der Waals surface area (Å²) in [5.41, 5.74) is -0.701. The fraction of sp³-hybridized carbons (Fsp3) is 0.867. The molecule has 1 aliphatic heterocycles. The van der Waals surface area contributed by atoms with Crippen LogP contribution in [0.5, 0.6) is 0 Å². The van der Waals surface area contributed by atoms with Crippen molar-refractivity contribution in [1.29, 1.82) is 0 Å². The van der Waals surface area contributed by atoms with E-state index in [-0.39, 0.29) is 11.4 Å². The van der Waals surface area contributed by atoms with Crippen molar-refractivity contribution >= 4 is 12.0 Å². The van der Waals surface area contributed by atoms with Crippen molar-refractivity contribution < 1.29 is 14.7 Å². The van der Waals surface area contributed by atoms with Crippen LogP contribution in [0.3, 0.4) is 0 Å². The molecule has 0 radical (unpaired) electrons. The van der Waals surface area contributed by atoms with E-state index in [0.29, 0.717) is 25.9 Å². The van der Waals surface area contributed by atoms with Gasteiger partial charge >= 0.3 is 12.0 Å². The summed E-state index contributed by atoms with van der Waals surface area (Å²) in [6.07, 6.45) is 6.07. The first-order chi connectivity index (χ1) is 9.49. The molecule has 0 bridgehead atoms. The van der Waals surface area contributed by atoms with E-state index in [4.69, 9.17) is 0 Å². The van der Waals surface area contributed by atoms with Gasteiger partial charge in [-0.15, -0.1) is 0 Å². The van der Waals surface area contributed by atoms with E-state index < -0.39 is 11.5 Å². The lowest BCUT2D eigenvalue weighted by Gasteiger charge is -2.35. The predicted molar refractivity (Wildman–Crippen MR) is 76.6 cm³/mol. The highest BCUT2D eigenvalue weighted by Gasteiger charge is 2.50. The Morgan fingerprint density at radius 2 is 1.95 bits per heavy atom. The highest BCUT2D eigenvalue weighted by Crippen LogP contribution is 2.48. The van der Waals surface area contributed by atoms with E-state index in [2.05, 4.69) is 12.2 Å². The first kappa shape index (κ1) is 15.1. The van der Waals surface area contributed by atoms with Gasteiger partial charge in [0.1, 0.15) is 5.54 Å². The van der Waals surface area contributed by atoms with Gasteiger partial charge in [0.2, 0.25) is 0 Å². The molecule has 5 heteroatoms. The molecule has 114 valence electrons. The first-order valence-electron chi connectivity index (χ1n) is 7.78. The van der Waals surface area contributed by atoms with Gasteiger partial charge in [0.05, 0.1) is 0 Å². The third-order valence-electron chi connectivity index (χ3n) is 5.12. The van der Waals surface area contributed by atoms with Gasteiger partial charge in [-0.1, -0.05) is 20.3 Å². The number of carboxylic acids is 1. The van der Waals surface area contributed by atoms with Crippen LogP contribution in [0.2, 0.25) is 0 Å². The number of amides is 2. The standard InChI is InChI=1S/C15H26N2O3/c1-3-6-15(12(18)19)7-5-10-17(15)13(20)16-11-14(4-2)8-9-14/h3-11H2,1-2H3,(H,16,20)(H,18,19). The van der Waals surface area contributed by atoms with E-state index in [1.54, 1.807) is 4.90 Å². The van der Waals surface area contributed by atoms with Gasteiger partial charge in [-0.3, -0.25) is 0 Å². The molecule has 2 aliphatic rings. The molecule has 1 saturated carbocycles. The lowest BCUT2D eigenvalue weighted by molar-refractivity contribution is -0.148. The Balaban J connectivity index is 2.01. The van der Waals surface area contributed by atoms with Gasteiger partial charge in [0, 0.05) is 13.1 Å². The van der Waals surface area contributed by atoms with Crippen molar-refractivity contribution in [3.63, 3.8) is 0 Å². The van der Waals surface area contributed by atoms with Crippen LogP contribution in [0.4, 0.5) is 4.79 Å². The van der Waals surface area contributed by atoms with E-state index in [1.165, 1.54) is 12.8 Å². The highest BCUT2D eigenvalue weighted by atomic mass is 16.4. The zero-order chi connectivity index (χ0) is 14.8. The van der Waals surface area contributed by atoms with Crippen LogP contribution in [0.1, 0.15) is 58.8 Å². The van der Waals surface area contributed by atoms with Crippen LogP contribution in [-0.4, -0.2) is 40.6 Å². The molecule has 1 saturated heterocycles. The number of hydrogen-bond acceptors (Lipinski definition) is 2. The quantitative estimate of drug-likeness (QED) is 0.786. The second-order valence-electron chi connectivity index (χ2n) is 6.35. The fourth-order valence-corrected chi connectivity index (χ4v) is 3.37. The van der Waals surface area contributed by atoms with Crippen molar-refractivity contribution in [1.82, 2.24) is 10.2 Å². The molecule has 2 amide bonds. The molecule has 1 unspecified atom stereocenters. The van der Waals surface area contributed by atoms with E-state index >= 15 is 0 Å². The Kier molecular flexibility index (Phi) is 4.25. The van der Waals surface area contributed by atoms with Crippen molar-refractivity contribution in [3.8, 4) is 0 Å². The lowest BCUT2D eigenvalue weighted by atomic mass is 9.91. The molecule has 0 aromatic heterocycles. The van der Waals surface area contributed by atoms with Crippen molar-refractivity contribution in [2.24, 2.45) is 5.41 Å². The Morgan fingerprint density at radius 3 is 2.45 bits per heavy atom. The Hall–Kier alpha value is -1.26. The lowest BCUT2D eigenvalue weighted by Crippen LogP contribution is -2.56. The minimum atomic E-state index is -0.984. The molecule has 5 nitrogen and oxygen atoms in total. The normalized spacial score (nSPS) is 27.4. The molecule has 1 heterocycles. The zero-order valence-corrected chi connectivity index (χ0v) is 12.6. The SMILES string of the molecule is CCCC1(C(=O)O)CCCN1C(=O)NCC1(CC)CC1. The zero-order valence-electron chi connectivity index (χ0n) is 12.6. The third-order valence-corrected chi connectivity index (χ3v) is 5.12. The predicted octanol–water partition coefficient (Wildman–Crippen LogP) is 2.61. The summed E-state index contributed by atoms with van der Waals surface area (Å²) in [5.74, 6) is -0.858. The van der Waals surface area contributed by atoms with Gasteiger partial charge < -0.3 is 15.3 Å². The van der Waals surface area contributed by atoms with Crippen LogP contribution < -0.4 is 5.32 Å². The van der Waals surface area contributed by atoms with Crippen LogP contribution in [0.25, 0.3) is 0 Å². The minimum Gasteiger partial charge on any atom is -0.479 e. The number of hydrogen-bond donors (Lipinski definition) is 2. The molecule has 2 N–H and O–H groups in total. The topological polar surface area (TPSA) is 69.6 Å². The van der Waals surface area contributed by atoms with Gasteiger partial charge in [0.15, 0.2) is 0 Å². The summed E-state index contributed by atoms with van der Waals surface area (Å²) >= 11 is 0. The largest absolute Gasteiger partial charge is 0.479 e. The average Bonchev–Trinajstić information content (AvgIpc) is 3.09. The highest BCUT2D eigenvalue weighted by molar-refractivity contribution is 5.87. The third kappa shape index (κ3) is 2.63. The van der Waals surface area contributed by atoms with Crippen LogP contribution >= 0.6 is 0 Å². The Morgan fingerprint density at radius 1 is 1.25 bits per heavy atom. The van der Waals surface area contributed by atoms with Gasteiger partial charge in [-0.2, -0.15) is 0 Å². The number of nitrogens with zero attached hydrogens (tertiary/aromatic N) is 1. The molecular weight excluding hydrogens is 256 g/mol. The second-order valence-corrected chi connectivity index (χ2v) is 6.35. The first-order valence-corrected chi connectivity index (χ1v) is 7.78. The summed E-state index contributed by atoms with van der Waals surface area (Å²) in [4.78, 5) is 25.6. The summed E-state index contributed by atoms with van der Waals surface area (Å²) in [6.45, 7) is 5.35. The van der Waals surface area contributed by atoms with Crippen molar-refractivity contribution in [3.05, 3.63) is 0 Å². The van der Waals surface area contributed by atoms with Gasteiger partial charge in [0.25, 0.3) is 0 Å². The number of urea groups is 1. The van der Waals surface area contributed by atoms with E-state index in [0.717, 1.165) is 19.3 Å². The molecule has 2 fully saturated rings. The molecular formula is C15H26N2O3. The summed E-state index contributed by atoms with van der Waals surface area (Å²) in [7, 11) is 0. The molecule has 0 spiro atoms. The summed E-state index contributed by atoms with van der Waals surface area (Å²) in [6, 6.07) is -0.196. The maximum Gasteiger partial charge on any atom is 0.329 e. The number of aliphatic carboxylic acids is 1. The number of carboxylic acid groups (broad SMARTS) is 1. The van der Waals surface area contributed by atoms with Crippen LogP contribution in [0, 0.1) is 5.41 Å². The molecule has 2 rings (SSSR count). The van der Waals surface area contributed by atoms with Crippen LogP contribution in [-0.2, 0) is 4.79 Å². The number of carbonyl (C=O) groups excluding carboxylic acids is 1. The molecule has 0 aromatic carbocycles. The number of likely N-dealkylation sites (tertiary alicyclic amines) is 1. The van der Waals surface area contributed by atoms with Gasteiger partial charge in [-0.05, 0) is 43.9 Å². The number of carbonyl (C=O) groups is 2. The maximum absolute atomic E-state index is 12.4. The van der Waals surface area contributed by atoms with E-state index in [9.17, 15) is 14.7 Å². The monoisotopic (exact) mass is 282 g/mol. The number of nitrogens with one attached hydrogen (secondary N) is 1. The van der Waals surface area contributed by atoms with Gasteiger partial charge in [-0.25, -0.2) is 9.59 Å². The average molecular weight is 282 g/mol. The molecule has 0 aromatic rings. The summed E-state index contributed by atoms with van der Waals surface area (Å²) < 4.78 is 0. The minimum absolute atomic E-state index is 0.196. The summed E-state index contributed by atoms with van der Waals surface area (Å²) in [5, 5.41) is 12.5. The second kappa shape index (κ2) is 5.62. The number of rotatable bonds is 6. The molecule has 1 atom stereocenters. The van der Waals surface area contributed by atoms with E-state index in [1.807, 2.05) is 6.92 Å². The molecule has 1 aliphatic carbocycles.